The van der Waals surface area contributed by atoms with Crippen LogP contribution < -0.4 is 14.8 Å². The van der Waals surface area contributed by atoms with Crippen molar-refractivity contribution in [1.82, 2.24) is 5.32 Å². The van der Waals surface area contributed by atoms with Gasteiger partial charge >= 0.3 is 0 Å². The fourth-order valence-corrected chi connectivity index (χ4v) is 2.20. The summed E-state index contributed by atoms with van der Waals surface area (Å²) in [6, 6.07) is 14.9. The van der Waals surface area contributed by atoms with E-state index in [0.717, 1.165) is 23.5 Å². The first-order valence-corrected chi connectivity index (χ1v) is 8.32. The number of nitrogens with one attached hydrogen (secondary N) is 1. The first-order chi connectivity index (χ1) is 11.6. The molecule has 0 aromatic heterocycles. The molecule has 1 amide bonds. The van der Waals surface area contributed by atoms with Gasteiger partial charge in [-0.25, -0.2) is 0 Å². The highest BCUT2D eigenvalue weighted by Gasteiger charge is 2.11. The summed E-state index contributed by atoms with van der Waals surface area (Å²) in [5.41, 5.74) is 1.69. The predicted molar refractivity (Wildman–Crippen MR) is 95.8 cm³/mol. The topological polar surface area (TPSA) is 47.6 Å². The number of amides is 1. The fourth-order valence-electron chi connectivity index (χ4n) is 2.20. The third kappa shape index (κ3) is 5.30. The van der Waals surface area contributed by atoms with Gasteiger partial charge in [0.2, 0.25) is 0 Å². The zero-order valence-corrected chi connectivity index (χ0v) is 14.5. The molecule has 0 saturated carbocycles. The molecule has 1 N–H and O–H groups in total. The number of aryl methyl sites for hydroxylation is 1. The van der Waals surface area contributed by atoms with Gasteiger partial charge in [0.25, 0.3) is 5.91 Å². The van der Waals surface area contributed by atoms with Crippen LogP contribution >= 0.6 is 0 Å². The van der Waals surface area contributed by atoms with Crippen LogP contribution in [0.4, 0.5) is 0 Å². The van der Waals surface area contributed by atoms with Gasteiger partial charge in [0, 0.05) is 5.56 Å². The summed E-state index contributed by atoms with van der Waals surface area (Å²) >= 11 is 0. The summed E-state index contributed by atoms with van der Waals surface area (Å²) in [6.07, 6.45) is 0.959. The van der Waals surface area contributed by atoms with Crippen LogP contribution in [-0.2, 0) is 0 Å². The fraction of sp³-hybridized carbons (Fsp3) is 0.350. The average molecular weight is 327 g/mol. The van der Waals surface area contributed by atoms with E-state index < -0.39 is 0 Å². The minimum Gasteiger partial charge on any atom is -0.494 e. The summed E-state index contributed by atoms with van der Waals surface area (Å²) < 4.78 is 11.3. The Morgan fingerprint density at radius 2 is 1.79 bits per heavy atom. The second-order valence-electron chi connectivity index (χ2n) is 5.82. The lowest BCUT2D eigenvalue weighted by Gasteiger charge is -2.16. The molecule has 0 spiro atoms. The van der Waals surface area contributed by atoms with Crippen LogP contribution in [0.5, 0.6) is 11.5 Å². The molecule has 2 aromatic carbocycles. The van der Waals surface area contributed by atoms with E-state index in [1.807, 2.05) is 50.2 Å². The Morgan fingerprint density at radius 1 is 1.08 bits per heavy atom. The molecule has 0 bridgehead atoms. The molecule has 1 atom stereocenters. The first-order valence-electron chi connectivity index (χ1n) is 8.32. The number of rotatable bonds is 8. The van der Waals surface area contributed by atoms with E-state index in [4.69, 9.17) is 9.47 Å². The number of para-hydroxylation sites is 1. The van der Waals surface area contributed by atoms with Gasteiger partial charge in [-0.05, 0) is 56.2 Å². The molecule has 0 aliphatic heterocycles. The Labute approximate surface area is 143 Å². The highest BCUT2D eigenvalue weighted by Crippen LogP contribution is 2.16. The van der Waals surface area contributed by atoms with Crippen molar-refractivity contribution >= 4 is 5.91 Å². The van der Waals surface area contributed by atoms with Gasteiger partial charge in [0.15, 0.2) is 0 Å². The molecule has 0 aliphatic rings. The van der Waals surface area contributed by atoms with Gasteiger partial charge in [0.1, 0.15) is 18.1 Å². The third-order valence-corrected chi connectivity index (χ3v) is 3.55. The van der Waals surface area contributed by atoms with Crippen LogP contribution in [-0.4, -0.2) is 25.2 Å². The van der Waals surface area contributed by atoms with Gasteiger partial charge in [-0.1, -0.05) is 25.1 Å². The normalized spacial score (nSPS) is 11.6. The third-order valence-electron chi connectivity index (χ3n) is 3.55. The van der Waals surface area contributed by atoms with E-state index in [9.17, 15) is 4.79 Å². The molecule has 24 heavy (non-hydrogen) atoms. The number of ether oxygens (including phenoxy) is 2. The first kappa shape index (κ1) is 17.9. The highest BCUT2D eigenvalue weighted by molar-refractivity contribution is 5.94. The van der Waals surface area contributed by atoms with Crippen molar-refractivity contribution in [2.24, 2.45) is 0 Å². The summed E-state index contributed by atoms with van der Waals surface area (Å²) in [5.74, 6) is 1.51. The lowest BCUT2D eigenvalue weighted by molar-refractivity contribution is 0.0926. The number of carbonyl (C=O) groups excluding carboxylic acids is 1. The van der Waals surface area contributed by atoms with Crippen LogP contribution in [0.2, 0.25) is 0 Å². The summed E-state index contributed by atoms with van der Waals surface area (Å²) in [7, 11) is 0. The zero-order chi connectivity index (χ0) is 17.4. The monoisotopic (exact) mass is 327 g/mol. The van der Waals surface area contributed by atoms with E-state index in [2.05, 4.69) is 12.2 Å². The Kier molecular flexibility index (Phi) is 6.67. The van der Waals surface area contributed by atoms with Crippen LogP contribution in [0, 0.1) is 6.92 Å². The molecule has 0 radical (unpaired) electrons. The molecule has 0 saturated heterocycles. The van der Waals surface area contributed by atoms with Crippen molar-refractivity contribution in [2.75, 3.05) is 13.2 Å². The molecule has 2 rings (SSSR count). The van der Waals surface area contributed by atoms with Crippen molar-refractivity contribution < 1.29 is 14.3 Å². The molecule has 4 heteroatoms. The van der Waals surface area contributed by atoms with Crippen molar-refractivity contribution in [2.45, 2.75) is 33.2 Å². The van der Waals surface area contributed by atoms with Crippen LogP contribution in [0.25, 0.3) is 0 Å². The Morgan fingerprint density at radius 3 is 2.46 bits per heavy atom. The SMILES string of the molecule is CCCOc1ccc(C(=O)N[C@H](C)COc2ccccc2C)cc1. The van der Waals surface area contributed by atoms with Gasteiger partial charge in [-0.3, -0.25) is 4.79 Å². The molecular formula is C20H25NO3. The molecule has 128 valence electrons. The minimum absolute atomic E-state index is 0.0897. The van der Waals surface area contributed by atoms with Gasteiger partial charge in [-0.15, -0.1) is 0 Å². The Bertz CT molecular complexity index is 652. The maximum atomic E-state index is 12.3. The van der Waals surface area contributed by atoms with Crippen molar-refractivity contribution in [1.29, 1.82) is 0 Å². The molecule has 0 unspecified atom stereocenters. The molecular weight excluding hydrogens is 302 g/mol. The second kappa shape index (κ2) is 8.96. The Hall–Kier alpha value is -2.49. The lowest BCUT2D eigenvalue weighted by Crippen LogP contribution is -2.36. The number of benzene rings is 2. The smallest absolute Gasteiger partial charge is 0.251 e. The number of hydrogen-bond acceptors (Lipinski definition) is 3. The highest BCUT2D eigenvalue weighted by atomic mass is 16.5. The summed E-state index contributed by atoms with van der Waals surface area (Å²) in [5, 5.41) is 2.94. The van der Waals surface area contributed by atoms with E-state index in [1.54, 1.807) is 12.1 Å². The van der Waals surface area contributed by atoms with Crippen LogP contribution in [0.15, 0.2) is 48.5 Å². The number of hydrogen-bond donors (Lipinski definition) is 1. The van der Waals surface area contributed by atoms with E-state index in [-0.39, 0.29) is 11.9 Å². The van der Waals surface area contributed by atoms with Gasteiger partial charge in [0.05, 0.1) is 12.6 Å². The van der Waals surface area contributed by atoms with Crippen molar-refractivity contribution in [3.05, 3.63) is 59.7 Å². The minimum atomic E-state index is -0.113. The maximum Gasteiger partial charge on any atom is 0.251 e. The summed E-state index contributed by atoms with van der Waals surface area (Å²) in [4.78, 5) is 12.3. The lowest BCUT2D eigenvalue weighted by atomic mass is 10.2. The average Bonchev–Trinajstić information content (AvgIpc) is 2.59. The second-order valence-corrected chi connectivity index (χ2v) is 5.82. The van der Waals surface area contributed by atoms with Crippen molar-refractivity contribution in [3.63, 3.8) is 0 Å². The quantitative estimate of drug-likeness (QED) is 0.798. The predicted octanol–water partition coefficient (Wildman–Crippen LogP) is 3.98. The largest absolute Gasteiger partial charge is 0.494 e. The molecule has 0 aliphatic carbocycles. The van der Waals surface area contributed by atoms with E-state index in [1.165, 1.54) is 0 Å². The molecule has 4 nitrogen and oxygen atoms in total. The van der Waals surface area contributed by atoms with Crippen LogP contribution in [0.3, 0.4) is 0 Å². The molecule has 0 fully saturated rings. The maximum absolute atomic E-state index is 12.3. The van der Waals surface area contributed by atoms with E-state index >= 15 is 0 Å². The van der Waals surface area contributed by atoms with Crippen molar-refractivity contribution in [3.8, 4) is 11.5 Å². The summed E-state index contributed by atoms with van der Waals surface area (Å²) in [6.45, 7) is 7.09. The Balaban J connectivity index is 1.83. The molecule has 2 aromatic rings. The number of carbonyl (C=O) groups is 1. The van der Waals surface area contributed by atoms with Gasteiger partial charge in [-0.2, -0.15) is 0 Å². The van der Waals surface area contributed by atoms with E-state index in [0.29, 0.717) is 18.8 Å². The van der Waals surface area contributed by atoms with Crippen LogP contribution in [0.1, 0.15) is 36.2 Å². The molecule has 0 heterocycles. The van der Waals surface area contributed by atoms with Gasteiger partial charge < -0.3 is 14.8 Å². The standard InChI is InChI=1S/C20H25NO3/c1-4-13-23-18-11-9-17(10-12-18)20(22)21-16(3)14-24-19-8-6-5-7-15(19)2/h5-12,16H,4,13-14H2,1-3H3,(H,21,22)/t16-/m1/s1. The zero-order valence-electron chi connectivity index (χ0n) is 14.5.